The maximum Gasteiger partial charge on any atom is 0.241 e. The Morgan fingerprint density at radius 3 is 2.88 bits per heavy atom. The second-order valence-corrected chi connectivity index (χ2v) is 3.09. The molecule has 0 bridgehead atoms. The fourth-order valence-corrected chi connectivity index (χ4v) is 1.36. The molecule has 0 saturated carbocycles. The Bertz CT molecular complexity index is 489. The zero-order valence-corrected chi connectivity index (χ0v) is 8.55. The van der Waals surface area contributed by atoms with Crippen molar-refractivity contribution in [1.82, 2.24) is 9.97 Å². The quantitative estimate of drug-likeness (QED) is 0.506. The maximum absolute atomic E-state index is 8.72. The van der Waals surface area contributed by atoms with Gasteiger partial charge in [0.05, 0.1) is 17.5 Å². The van der Waals surface area contributed by atoms with Gasteiger partial charge in [-0.25, -0.2) is 10.8 Å². The van der Waals surface area contributed by atoms with Crippen molar-refractivity contribution in [2.75, 3.05) is 18.6 Å². The number of hydrogen-bond acceptors (Lipinski definition) is 6. The highest BCUT2D eigenvalue weighted by molar-refractivity contribution is 5.84. The molecule has 1 heterocycles. The van der Waals surface area contributed by atoms with Crippen molar-refractivity contribution in [3.05, 3.63) is 24.3 Å². The zero-order valence-electron chi connectivity index (χ0n) is 8.55. The predicted octanol–water partition coefficient (Wildman–Crippen LogP) is 0.286. The lowest BCUT2D eigenvalue weighted by atomic mass is 10.2. The predicted molar refractivity (Wildman–Crippen MR) is 59.9 cm³/mol. The van der Waals surface area contributed by atoms with E-state index in [-0.39, 0.29) is 19.2 Å². The number of aromatic nitrogens is 2. The van der Waals surface area contributed by atoms with Crippen molar-refractivity contribution < 1.29 is 9.84 Å². The molecule has 6 heteroatoms. The molecule has 1 aromatic carbocycles. The Labute approximate surface area is 92.0 Å². The van der Waals surface area contributed by atoms with Crippen LogP contribution in [0.1, 0.15) is 0 Å². The number of aliphatic hydroxyl groups is 1. The van der Waals surface area contributed by atoms with Gasteiger partial charge in [0.15, 0.2) is 0 Å². The molecule has 0 spiro atoms. The minimum Gasteiger partial charge on any atom is -0.475 e. The lowest BCUT2D eigenvalue weighted by Crippen LogP contribution is -2.12. The number of para-hydroxylation sites is 1. The molecule has 4 N–H and O–H groups in total. The van der Waals surface area contributed by atoms with Gasteiger partial charge in [-0.15, -0.1) is 0 Å². The highest BCUT2D eigenvalue weighted by Gasteiger charge is 2.07. The normalized spacial score (nSPS) is 10.4. The van der Waals surface area contributed by atoms with Crippen LogP contribution >= 0.6 is 0 Å². The number of ether oxygens (including phenoxy) is 1. The summed E-state index contributed by atoms with van der Waals surface area (Å²) in [6.07, 6.45) is 0. The number of nitrogen functional groups attached to an aromatic ring is 1. The number of nitrogens with two attached hydrogens (primary N) is 1. The third-order valence-electron chi connectivity index (χ3n) is 2.03. The maximum atomic E-state index is 8.72. The van der Waals surface area contributed by atoms with E-state index in [4.69, 9.17) is 15.7 Å². The summed E-state index contributed by atoms with van der Waals surface area (Å²) in [6.45, 7) is 0.120. The molecule has 0 aliphatic heterocycles. The number of nitrogens with zero attached hydrogens (tertiary/aromatic N) is 2. The fraction of sp³-hybridized carbons (Fsp3) is 0.200. The highest BCUT2D eigenvalue weighted by Crippen LogP contribution is 2.23. The molecule has 2 aromatic rings. The van der Waals surface area contributed by atoms with E-state index < -0.39 is 0 Å². The number of hydrogen-bond donors (Lipinski definition) is 3. The van der Waals surface area contributed by atoms with Gasteiger partial charge in [-0.05, 0) is 12.1 Å². The Kier molecular flexibility index (Phi) is 3.13. The Balaban J connectivity index is 2.50. The van der Waals surface area contributed by atoms with E-state index in [0.717, 1.165) is 10.9 Å². The molecule has 0 aliphatic rings. The first-order chi connectivity index (χ1) is 7.85. The summed E-state index contributed by atoms with van der Waals surface area (Å²) in [6, 6.07) is 7.42. The van der Waals surface area contributed by atoms with Gasteiger partial charge in [-0.1, -0.05) is 12.1 Å². The van der Waals surface area contributed by atoms with Crippen molar-refractivity contribution in [2.24, 2.45) is 5.84 Å². The standard InChI is InChI=1S/C10H12N4O2/c11-14-10-12-8-4-2-1-3-7(8)9(13-10)16-6-5-15/h1-4,15H,5-6,11H2,(H,12,13,14). The summed E-state index contributed by atoms with van der Waals surface area (Å²) < 4.78 is 5.31. The second-order valence-electron chi connectivity index (χ2n) is 3.09. The van der Waals surface area contributed by atoms with Crippen LogP contribution in [-0.4, -0.2) is 28.3 Å². The molecule has 0 amide bonds. The van der Waals surface area contributed by atoms with Crippen molar-refractivity contribution in [3.63, 3.8) is 0 Å². The molecule has 0 fully saturated rings. The van der Waals surface area contributed by atoms with Gasteiger partial charge in [0, 0.05) is 0 Å². The van der Waals surface area contributed by atoms with Crippen LogP contribution in [0.2, 0.25) is 0 Å². The fourth-order valence-electron chi connectivity index (χ4n) is 1.36. The van der Waals surface area contributed by atoms with E-state index in [1.807, 2.05) is 24.3 Å². The molecule has 0 radical (unpaired) electrons. The topological polar surface area (TPSA) is 93.3 Å². The van der Waals surface area contributed by atoms with E-state index in [0.29, 0.717) is 5.88 Å². The number of hydrazine groups is 1. The van der Waals surface area contributed by atoms with Crippen LogP contribution in [0, 0.1) is 0 Å². The summed E-state index contributed by atoms with van der Waals surface area (Å²) in [7, 11) is 0. The summed E-state index contributed by atoms with van der Waals surface area (Å²) in [5, 5.41) is 9.50. The molecular formula is C10H12N4O2. The minimum atomic E-state index is -0.0658. The van der Waals surface area contributed by atoms with Crippen LogP contribution in [0.3, 0.4) is 0 Å². The number of aliphatic hydroxyl groups excluding tert-OH is 1. The number of rotatable bonds is 4. The molecule has 84 valence electrons. The molecule has 1 aromatic heterocycles. The van der Waals surface area contributed by atoms with Crippen LogP contribution in [0.15, 0.2) is 24.3 Å². The summed E-state index contributed by atoms with van der Waals surface area (Å²) in [5.74, 6) is 5.95. The highest BCUT2D eigenvalue weighted by atomic mass is 16.5. The second kappa shape index (κ2) is 4.73. The largest absolute Gasteiger partial charge is 0.475 e. The van der Waals surface area contributed by atoms with Crippen LogP contribution in [0.4, 0.5) is 5.95 Å². The molecule has 6 nitrogen and oxygen atoms in total. The first kappa shape index (κ1) is 10.6. The number of benzene rings is 1. The number of fused-ring (bicyclic) bond motifs is 1. The first-order valence-electron chi connectivity index (χ1n) is 4.82. The average Bonchev–Trinajstić information content (AvgIpc) is 2.35. The number of anilines is 1. The molecule has 0 saturated heterocycles. The van der Waals surface area contributed by atoms with Gasteiger partial charge in [0.2, 0.25) is 11.8 Å². The van der Waals surface area contributed by atoms with E-state index in [1.165, 1.54) is 0 Å². The van der Waals surface area contributed by atoms with E-state index in [9.17, 15) is 0 Å². The van der Waals surface area contributed by atoms with E-state index >= 15 is 0 Å². The first-order valence-corrected chi connectivity index (χ1v) is 4.82. The summed E-state index contributed by atoms with van der Waals surface area (Å²) in [5.41, 5.74) is 3.11. The Hall–Kier alpha value is -1.92. The average molecular weight is 220 g/mol. The molecule has 0 aliphatic carbocycles. The van der Waals surface area contributed by atoms with E-state index in [1.54, 1.807) is 0 Å². The van der Waals surface area contributed by atoms with Crippen LogP contribution < -0.4 is 16.0 Å². The number of nitrogens with one attached hydrogen (secondary N) is 1. The van der Waals surface area contributed by atoms with Gasteiger partial charge in [0.1, 0.15) is 6.61 Å². The minimum absolute atomic E-state index is 0.0658. The molecular weight excluding hydrogens is 208 g/mol. The van der Waals surface area contributed by atoms with Crippen molar-refractivity contribution in [3.8, 4) is 5.88 Å². The third kappa shape index (κ3) is 2.02. The Morgan fingerprint density at radius 2 is 2.12 bits per heavy atom. The van der Waals surface area contributed by atoms with Gasteiger partial charge in [-0.2, -0.15) is 4.98 Å². The monoisotopic (exact) mass is 220 g/mol. The Morgan fingerprint density at radius 1 is 1.31 bits per heavy atom. The third-order valence-corrected chi connectivity index (χ3v) is 2.03. The van der Waals surface area contributed by atoms with Gasteiger partial charge in [0.25, 0.3) is 0 Å². The molecule has 0 unspecified atom stereocenters. The van der Waals surface area contributed by atoms with Crippen LogP contribution in [0.5, 0.6) is 5.88 Å². The van der Waals surface area contributed by atoms with Gasteiger partial charge < -0.3 is 9.84 Å². The summed E-state index contributed by atoms with van der Waals surface area (Å²) >= 11 is 0. The molecule has 0 atom stereocenters. The lowest BCUT2D eigenvalue weighted by Gasteiger charge is -2.08. The zero-order chi connectivity index (χ0) is 11.4. The molecule has 2 rings (SSSR count). The lowest BCUT2D eigenvalue weighted by molar-refractivity contribution is 0.198. The molecule has 16 heavy (non-hydrogen) atoms. The van der Waals surface area contributed by atoms with Gasteiger partial charge >= 0.3 is 0 Å². The van der Waals surface area contributed by atoms with E-state index in [2.05, 4.69) is 15.4 Å². The van der Waals surface area contributed by atoms with Gasteiger partial charge in [-0.3, -0.25) is 5.43 Å². The smallest absolute Gasteiger partial charge is 0.241 e. The SMILES string of the molecule is NNc1nc(OCCO)c2ccccc2n1. The summed E-state index contributed by atoms with van der Waals surface area (Å²) in [4.78, 5) is 8.25. The van der Waals surface area contributed by atoms with Crippen molar-refractivity contribution in [2.45, 2.75) is 0 Å². The van der Waals surface area contributed by atoms with Crippen molar-refractivity contribution >= 4 is 16.9 Å². The van der Waals surface area contributed by atoms with Crippen molar-refractivity contribution in [1.29, 1.82) is 0 Å². The van der Waals surface area contributed by atoms with Crippen LogP contribution in [-0.2, 0) is 0 Å². The van der Waals surface area contributed by atoms with Crippen LogP contribution in [0.25, 0.3) is 10.9 Å².